The Hall–Kier alpha value is -0.480. The topological polar surface area (TPSA) is 26.0 Å². The SMILES string of the molecule is CC#CCC1CC(N)CCC1C(C)C. The molecule has 3 unspecified atom stereocenters. The molecule has 1 aliphatic carbocycles. The summed E-state index contributed by atoms with van der Waals surface area (Å²) in [6.07, 6.45) is 4.73. The lowest BCUT2D eigenvalue weighted by Crippen LogP contribution is -2.35. The smallest absolute Gasteiger partial charge is 0.0120 e. The van der Waals surface area contributed by atoms with Crippen molar-refractivity contribution in [2.24, 2.45) is 23.5 Å². The fourth-order valence-electron chi connectivity index (χ4n) is 2.67. The number of rotatable bonds is 2. The van der Waals surface area contributed by atoms with Crippen molar-refractivity contribution in [2.45, 2.75) is 52.5 Å². The van der Waals surface area contributed by atoms with Crippen LogP contribution in [0.1, 0.15) is 46.5 Å². The number of hydrogen-bond acceptors (Lipinski definition) is 1. The molecule has 0 aliphatic heterocycles. The normalized spacial score (nSPS) is 32.5. The van der Waals surface area contributed by atoms with Gasteiger partial charge in [0.2, 0.25) is 0 Å². The molecule has 0 amide bonds. The van der Waals surface area contributed by atoms with Gasteiger partial charge in [0.25, 0.3) is 0 Å². The fourth-order valence-corrected chi connectivity index (χ4v) is 2.67. The Balaban J connectivity index is 2.57. The summed E-state index contributed by atoms with van der Waals surface area (Å²) in [5, 5.41) is 0. The molecule has 0 aromatic heterocycles. The van der Waals surface area contributed by atoms with E-state index < -0.39 is 0 Å². The molecule has 1 aliphatic rings. The van der Waals surface area contributed by atoms with Crippen molar-refractivity contribution in [3.63, 3.8) is 0 Å². The highest BCUT2D eigenvalue weighted by atomic mass is 14.6. The van der Waals surface area contributed by atoms with Gasteiger partial charge in [-0.15, -0.1) is 11.8 Å². The molecule has 1 heteroatoms. The van der Waals surface area contributed by atoms with E-state index in [-0.39, 0.29) is 0 Å². The number of hydrogen-bond donors (Lipinski definition) is 1. The van der Waals surface area contributed by atoms with Crippen molar-refractivity contribution in [2.75, 3.05) is 0 Å². The molecule has 0 saturated heterocycles. The third kappa shape index (κ3) is 3.03. The van der Waals surface area contributed by atoms with Crippen LogP contribution in [-0.2, 0) is 0 Å². The molecule has 0 radical (unpaired) electrons. The molecule has 2 N–H and O–H groups in total. The summed E-state index contributed by atoms with van der Waals surface area (Å²) < 4.78 is 0. The van der Waals surface area contributed by atoms with E-state index in [9.17, 15) is 0 Å². The Morgan fingerprint density at radius 2 is 2.07 bits per heavy atom. The lowest BCUT2D eigenvalue weighted by atomic mass is 9.71. The quantitative estimate of drug-likeness (QED) is 0.670. The zero-order chi connectivity index (χ0) is 10.6. The zero-order valence-electron chi connectivity index (χ0n) is 9.72. The molecule has 1 saturated carbocycles. The summed E-state index contributed by atoms with van der Waals surface area (Å²) in [6.45, 7) is 6.58. The zero-order valence-corrected chi connectivity index (χ0v) is 9.72. The van der Waals surface area contributed by atoms with Gasteiger partial charge in [-0.3, -0.25) is 0 Å². The summed E-state index contributed by atoms with van der Waals surface area (Å²) in [6, 6.07) is 0.425. The molecular formula is C13H23N. The molecule has 1 fully saturated rings. The lowest BCUT2D eigenvalue weighted by Gasteiger charge is -2.36. The molecule has 0 bridgehead atoms. The first kappa shape index (κ1) is 11.6. The van der Waals surface area contributed by atoms with Crippen LogP contribution in [0.3, 0.4) is 0 Å². The average Bonchev–Trinajstić information content (AvgIpc) is 2.14. The molecular weight excluding hydrogens is 170 g/mol. The monoisotopic (exact) mass is 193 g/mol. The van der Waals surface area contributed by atoms with Crippen molar-refractivity contribution in [3.05, 3.63) is 0 Å². The third-order valence-electron chi connectivity index (χ3n) is 3.48. The molecule has 3 atom stereocenters. The minimum Gasteiger partial charge on any atom is -0.328 e. The van der Waals surface area contributed by atoms with E-state index >= 15 is 0 Å². The van der Waals surface area contributed by atoms with Crippen LogP contribution in [0.4, 0.5) is 0 Å². The van der Waals surface area contributed by atoms with Gasteiger partial charge in [-0.25, -0.2) is 0 Å². The first-order valence-electron chi connectivity index (χ1n) is 5.80. The van der Waals surface area contributed by atoms with Gasteiger partial charge in [0.15, 0.2) is 0 Å². The van der Waals surface area contributed by atoms with E-state index in [1.54, 1.807) is 0 Å². The van der Waals surface area contributed by atoms with Crippen LogP contribution < -0.4 is 5.73 Å². The highest BCUT2D eigenvalue weighted by Crippen LogP contribution is 2.36. The third-order valence-corrected chi connectivity index (χ3v) is 3.48. The van der Waals surface area contributed by atoms with Crippen LogP contribution in [0.25, 0.3) is 0 Å². The predicted molar refractivity (Wildman–Crippen MR) is 61.7 cm³/mol. The van der Waals surface area contributed by atoms with E-state index in [4.69, 9.17) is 5.73 Å². The largest absolute Gasteiger partial charge is 0.328 e. The molecule has 80 valence electrons. The van der Waals surface area contributed by atoms with Crippen molar-refractivity contribution in [1.82, 2.24) is 0 Å². The van der Waals surface area contributed by atoms with Crippen molar-refractivity contribution in [3.8, 4) is 11.8 Å². The van der Waals surface area contributed by atoms with E-state index in [1.807, 2.05) is 6.92 Å². The van der Waals surface area contributed by atoms with Crippen LogP contribution in [0.15, 0.2) is 0 Å². The van der Waals surface area contributed by atoms with Gasteiger partial charge in [-0.1, -0.05) is 13.8 Å². The summed E-state index contributed by atoms with van der Waals surface area (Å²) in [5.74, 6) is 8.58. The standard InChI is InChI=1S/C13H23N/c1-4-5-6-11-9-12(14)7-8-13(11)10(2)3/h10-13H,6-9,14H2,1-3H3. The second kappa shape index (κ2) is 5.41. The highest BCUT2D eigenvalue weighted by Gasteiger charge is 2.29. The molecule has 1 nitrogen and oxygen atoms in total. The Morgan fingerprint density at radius 1 is 1.36 bits per heavy atom. The summed E-state index contributed by atoms with van der Waals surface area (Å²) in [4.78, 5) is 0. The Kier molecular flexibility index (Phi) is 4.48. The highest BCUT2D eigenvalue weighted by molar-refractivity contribution is 4.99. The van der Waals surface area contributed by atoms with E-state index in [0.29, 0.717) is 6.04 Å². The maximum Gasteiger partial charge on any atom is 0.0120 e. The Bertz CT molecular complexity index is 221. The minimum absolute atomic E-state index is 0.425. The van der Waals surface area contributed by atoms with Crippen LogP contribution in [0, 0.1) is 29.6 Å². The predicted octanol–water partition coefficient (Wildman–Crippen LogP) is 2.80. The van der Waals surface area contributed by atoms with E-state index in [2.05, 4.69) is 25.7 Å². The van der Waals surface area contributed by atoms with E-state index in [1.165, 1.54) is 19.3 Å². The Morgan fingerprint density at radius 3 is 2.64 bits per heavy atom. The Labute approximate surface area is 88.5 Å². The molecule has 0 aromatic carbocycles. The minimum atomic E-state index is 0.425. The summed E-state index contributed by atoms with van der Waals surface area (Å²) in [7, 11) is 0. The van der Waals surface area contributed by atoms with Crippen molar-refractivity contribution < 1.29 is 0 Å². The molecule has 0 heterocycles. The van der Waals surface area contributed by atoms with Gasteiger partial charge < -0.3 is 5.73 Å². The number of nitrogens with two attached hydrogens (primary N) is 1. The van der Waals surface area contributed by atoms with Gasteiger partial charge >= 0.3 is 0 Å². The molecule has 1 rings (SSSR count). The lowest BCUT2D eigenvalue weighted by molar-refractivity contribution is 0.168. The maximum atomic E-state index is 6.01. The van der Waals surface area contributed by atoms with Gasteiger partial charge in [0, 0.05) is 12.5 Å². The van der Waals surface area contributed by atoms with E-state index in [0.717, 1.165) is 24.2 Å². The summed E-state index contributed by atoms with van der Waals surface area (Å²) >= 11 is 0. The first-order valence-corrected chi connectivity index (χ1v) is 5.80. The van der Waals surface area contributed by atoms with Crippen LogP contribution >= 0.6 is 0 Å². The van der Waals surface area contributed by atoms with Crippen LogP contribution in [0.5, 0.6) is 0 Å². The van der Waals surface area contributed by atoms with Gasteiger partial charge in [0.05, 0.1) is 0 Å². The van der Waals surface area contributed by atoms with Gasteiger partial charge in [0.1, 0.15) is 0 Å². The van der Waals surface area contributed by atoms with Crippen molar-refractivity contribution >= 4 is 0 Å². The van der Waals surface area contributed by atoms with Crippen molar-refractivity contribution in [1.29, 1.82) is 0 Å². The second-order valence-corrected chi connectivity index (χ2v) is 4.87. The van der Waals surface area contributed by atoms with Gasteiger partial charge in [-0.2, -0.15) is 0 Å². The van der Waals surface area contributed by atoms with Crippen LogP contribution in [-0.4, -0.2) is 6.04 Å². The average molecular weight is 193 g/mol. The second-order valence-electron chi connectivity index (χ2n) is 4.87. The maximum absolute atomic E-state index is 6.01. The first-order chi connectivity index (χ1) is 6.65. The fraction of sp³-hybridized carbons (Fsp3) is 0.846. The van der Waals surface area contributed by atoms with Gasteiger partial charge in [-0.05, 0) is 43.9 Å². The van der Waals surface area contributed by atoms with Crippen LogP contribution in [0.2, 0.25) is 0 Å². The summed E-state index contributed by atoms with van der Waals surface area (Å²) in [5.41, 5.74) is 6.01. The molecule has 14 heavy (non-hydrogen) atoms. The molecule has 0 spiro atoms. The molecule has 0 aromatic rings.